The highest BCUT2D eigenvalue weighted by Gasteiger charge is 2.42. The number of thiocarbonyl (C=S) groups is 1. The monoisotopic (exact) mass is 452 g/mol. The van der Waals surface area contributed by atoms with Crippen LogP contribution in [-0.4, -0.2) is 29.8 Å². The lowest BCUT2D eigenvalue weighted by Gasteiger charge is -2.17. The van der Waals surface area contributed by atoms with Gasteiger partial charge in [0.1, 0.15) is 5.75 Å². The zero-order chi connectivity index (χ0) is 22.0. The van der Waals surface area contributed by atoms with Crippen molar-refractivity contribution in [2.75, 3.05) is 23.5 Å². The molecule has 0 aliphatic carbocycles. The number of hydrogen-bond acceptors (Lipinski definition) is 5. The number of anilines is 2. The lowest BCUT2D eigenvalue weighted by Crippen LogP contribution is -2.29. The van der Waals surface area contributed by atoms with Crippen LogP contribution in [0.15, 0.2) is 53.4 Å². The van der Waals surface area contributed by atoms with Crippen LogP contribution in [-0.2, 0) is 9.59 Å². The Kier molecular flexibility index (Phi) is 6.43. The van der Waals surface area contributed by atoms with Crippen molar-refractivity contribution < 1.29 is 14.3 Å². The topological polar surface area (TPSA) is 49.9 Å². The van der Waals surface area contributed by atoms with Gasteiger partial charge >= 0.3 is 0 Å². The second-order valence-electron chi connectivity index (χ2n) is 7.45. The van der Waals surface area contributed by atoms with Crippen molar-refractivity contribution in [1.29, 1.82) is 0 Å². The third-order valence-electron chi connectivity index (χ3n) is 5.49. The van der Waals surface area contributed by atoms with E-state index in [1.54, 1.807) is 36.3 Å². The summed E-state index contributed by atoms with van der Waals surface area (Å²) in [5.74, 6) is 0.324. The molecule has 0 N–H and O–H groups in total. The van der Waals surface area contributed by atoms with Crippen LogP contribution in [0.25, 0.3) is 5.57 Å². The lowest BCUT2D eigenvalue weighted by molar-refractivity contribution is -0.115. The van der Waals surface area contributed by atoms with E-state index in [2.05, 4.69) is 6.92 Å². The van der Waals surface area contributed by atoms with Crippen LogP contribution in [0.1, 0.15) is 38.2 Å². The van der Waals surface area contributed by atoms with Gasteiger partial charge in [-0.2, -0.15) is 0 Å². The highest BCUT2D eigenvalue weighted by molar-refractivity contribution is 8.27. The van der Waals surface area contributed by atoms with E-state index in [0.717, 1.165) is 36.9 Å². The van der Waals surface area contributed by atoms with Gasteiger partial charge in [0.2, 0.25) is 0 Å². The van der Waals surface area contributed by atoms with Crippen LogP contribution in [0.2, 0.25) is 0 Å². The number of ether oxygens (including phenoxy) is 1. The molecule has 7 heteroatoms. The zero-order valence-corrected chi connectivity index (χ0v) is 19.2. The van der Waals surface area contributed by atoms with Crippen LogP contribution in [0.3, 0.4) is 0 Å². The van der Waals surface area contributed by atoms with E-state index in [9.17, 15) is 9.59 Å². The van der Waals surface area contributed by atoms with Gasteiger partial charge in [0.25, 0.3) is 11.8 Å². The van der Waals surface area contributed by atoms with Gasteiger partial charge in [-0.25, -0.2) is 0 Å². The van der Waals surface area contributed by atoms with E-state index in [4.69, 9.17) is 17.0 Å². The summed E-state index contributed by atoms with van der Waals surface area (Å²) in [6.07, 6.45) is 4.31. The maximum atomic E-state index is 13.4. The number of hydrogen-bond donors (Lipinski definition) is 0. The molecule has 2 aromatic carbocycles. The van der Waals surface area contributed by atoms with Crippen molar-refractivity contribution in [3.8, 4) is 5.75 Å². The molecular formula is C24H24N2O3S2. The van der Waals surface area contributed by atoms with E-state index in [1.165, 1.54) is 16.7 Å². The number of carbonyl (C=O) groups is 2. The molecule has 0 atom stereocenters. The molecule has 2 aliphatic rings. The molecule has 0 saturated carbocycles. The fourth-order valence-electron chi connectivity index (χ4n) is 3.89. The van der Waals surface area contributed by atoms with Gasteiger partial charge < -0.3 is 9.64 Å². The van der Waals surface area contributed by atoms with Crippen molar-refractivity contribution in [2.45, 2.75) is 32.6 Å². The van der Waals surface area contributed by atoms with Crippen molar-refractivity contribution >= 4 is 57.1 Å². The number of rotatable bonds is 7. The van der Waals surface area contributed by atoms with E-state index in [1.807, 2.05) is 24.3 Å². The first kappa shape index (κ1) is 21.6. The molecule has 31 heavy (non-hydrogen) atoms. The molecule has 1 saturated heterocycles. The molecule has 0 radical (unpaired) electrons. The average Bonchev–Trinajstić information content (AvgIpc) is 3.23. The third-order valence-corrected chi connectivity index (χ3v) is 6.86. The minimum atomic E-state index is -0.258. The van der Waals surface area contributed by atoms with Gasteiger partial charge in [0.15, 0.2) is 4.32 Å². The van der Waals surface area contributed by atoms with Crippen LogP contribution < -0.4 is 14.5 Å². The number of para-hydroxylation sites is 1. The van der Waals surface area contributed by atoms with E-state index < -0.39 is 0 Å². The average molecular weight is 453 g/mol. The number of unbranched alkanes of at least 4 members (excludes halogenated alkanes) is 3. The molecule has 1 fully saturated rings. The Balaban J connectivity index is 1.68. The van der Waals surface area contributed by atoms with Gasteiger partial charge in [-0.3, -0.25) is 14.5 Å². The maximum Gasteiger partial charge on any atom is 0.271 e. The number of thioether (sulfide) groups is 1. The number of benzene rings is 2. The molecule has 0 unspecified atom stereocenters. The fourth-order valence-corrected chi connectivity index (χ4v) is 5.26. The smallest absolute Gasteiger partial charge is 0.271 e. The third kappa shape index (κ3) is 4.00. The number of nitrogens with zero attached hydrogens (tertiary/aromatic N) is 2. The Bertz CT molecular complexity index is 1060. The molecule has 2 amide bonds. The number of amides is 2. The summed E-state index contributed by atoms with van der Waals surface area (Å²) in [5.41, 5.74) is 2.79. The van der Waals surface area contributed by atoms with Gasteiger partial charge in [-0.15, -0.1) is 0 Å². The largest absolute Gasteiger partial charge is 0.497 e. The summed E-state index contributed by atoms with van der Waals surface area (Å²) in [6, 6.07) is 14.8. The first-order valence-corrected chi connectivity index (χ1v) is 11.6. The predicted octanol–water partition coefficient (Wildman–Crippen LogP) is 5.40. The van der Waals surface area contributed by atoms with Crippen LogP contribution in [0, 0.1) is 0 Å². The SMILES string of the molecule is CCCCCCN1C(=O)C(=C2SC(=S)N(c3ccc(OC)cc3)C2=O)c2ccccc21. The molecular weight excluding hydrogens is 428 g/mol. The maximum absolute atomic E-state index is 13.4. The lowest BCUT2D eigenvalue weighted by atomic mass is 10.1. The minimum absolute atomic E-state index is 0.118. The van der Waals surface area contributed by atoms with Crippen molar-refractivity contribution in [2.24, 2.45) is 0 Å². The molecule has 2 heterocycles. The van der Waals surface area contributed by atoms with Gasteiger partial charge in [-0.1, -0.05) is 68.4 Å². The zero-order valence-electron chi connectivity index (χ0n) is 17.6. The van der Waals surface area contributed by atoms with Crippen molar-refractivity contribution in [3.63, 3.8) is 0 Å². The number of fused-ring (bicyclic) bond motifs is 1. The molecule has 2 aliphatic heterocycles. The quantitative estimate of drug-likeness (QED) is 0.320. The molecule has 160 valence electrons. The summed E-state index contributed by atoms with van der Waals surface area (Å²) in [6.45, 7) is 2.82. The molecule has 0 aromatic heterocycles. The van der Waals surface area contributed by atoms with Crippen molar-refractivity contribution in [1.82, 2.24) is 0 Å². The predicted molar refractivity (Wildman–Crippen MR) is 131 cm³/mol. The Morgan fingerprint density at radius 2 is 1.71 bits per heavy atom. The van der Waals surface area contributed by atoms with Crippen LogP contribution in [0.5, 0.6) is 5.75 Å². The van der Waals surface area contributed by atoms with Crippen LogP contribution >= 0.6 is 24.0 Å². The Labute approximate surface area is 192 Å². The molecule has 0 bridgehead atoms. The fraction of sp³-hybridized carbons (Fsp3) is 0.292. The second kappa shape index (κ2) is 9.24. The Hall–Kier alpha value is -2.64. The molecule has 4 rings (SSSR count). The summed E-state index contributed by atoms with van der Waals surface area (Å²) in [5, 5.41) is 0. The minimum Gasteiger partial charge on any atom is -0.497 e. The summed E-state index contributed by atoms with van der Waals surface area (Å²) < 4.78 is 5.62. The second-order valence-corrected chi connectivity index (χ2v) is 9.09. The standard InChI is InChI=1S/C24H24N2O3S2/c1-3-4-5-8-15-25-19-10-7-6-9-18(19)20(22(25)27)21-23(28)26(24(30)31-21)16-11-13-17(29-2)14-12-16/h6-7,9-14H,3-5,8,15H2,1-2H3. The van der Waals surface area contributed by atoms with E-state index >= 15 is 0 Å². The number of carbonyl (C=O) groups excluding carboxylic acids is 2. The molecule has 5 nitrogen and oxygen atoms in total. The van der Waals surface area contributed by atoms with E-state index in [-0.39, 0.29) is 11.8 Å². The summed E-state index contributed by atoms with van der Waals surface area (Å²) >= 11 is 6.71. The summed E-state index contributed by atoms with van der Waals surface area (Å²) in [4.78, 5) is 30.5. The molecule has 2 aromatic rings. The first-order valence-electron chi connectivity index (χ1n) is 10.4. The van der Waals surface area contributed by atoms with Crippen molar-refractivity contribution in [3.05, 3.63) is 59.0 Å². The molecule has 0 spiro atoms. The number of methoxy groups -OCH3 is 1. The Morgan fingerprint density at radius 3 is 2.42 bits per heavy atom. The normalized spacial score (nSPS) is 18.2. The highest BCUT2D eigenvalue weighted by Crippen LogP contribution is 2.45. The highest BCUT2D eigenvalue weighted by atomic mass is 32.2. The Morgan fingerprint density at radius 1 is 0.968 bits per heavy atom. The van der Waals surface area contributed by atoms with Gasteiger partial charge in [0, 0.05) is 12.1 Å². The van der Waals surface area contributed by atoms with Gasteiger partial charge in [-0.05, 0) is 36.8 Å². The van der Waals surface area contributed by atoms with Crippen LogP contribution in [0.4, 0.5) is 11.4 Å². The van der Waals surface area contributed by atoms with E-state index in [0.29, 0.717) is 32.8 Å². The first-order chi connectivity index (χ1) is 15.1. The summed E-state index contributed by atoms with van der Waals surface area (Å²) in [7, 11) is 1.59. The van der Waals surface area contributed by atoms with Gasteiger partial charge in [0.05, 0.1) is 29.0 Å².